The third kappa shape index (κ3) is 5.53. The van der Waals surface area contributed by atoms with Crippen molar-refractivity contribution in [3.63, 3.8) is 0 Å². The van der Waals surface area contributed by atoms with Crippen LogP contribution in [0.3, 0.4) is 0 Å². The minimum atomic E-state index is -1.27. The second-order valence-electron chi connectivity index (χ2n) is 9.31. The van der Waals surface area contributed by atoms with Crippen LogP contribution in [0.15, 0.2) is 90.7 Å². The molecule has 1 N–H and O–H groups in total. The van der Waals surface area contributed by atoms with Crippen molar-refractivity contribution in [3.8, 4) is 17.0 Å². The van der Waals surface area contributed by atoms with Crippen LogP contribution in [-0.2, 0) is 0 Å². The molecular formula is C30H33FN2O2. The Kier molecular flexibility index (Phi) is 7.79. The highest BCUT2D eigenvalue weighted by molar-refractivity contribution is 5.65. The van der Waals surface area contributed by atoms with Gasteiger partial charge in [0.2, 0.25) is 5.88 Å². The van der Waals surface area contributed by atoms with E-state index in [9.17, 15) is 9.50 Å². The molecule has 1 aliphatic rings. The predicted octanol–water partition coefficient (Wildman–Crippen LogP) is 5.99. The molecule has 2 unspecified atom stereocenters. The van der Waals surface area contributed by atoms with Gasteiger partial charge in [-0.25, -0.2) is 9.37 Å². The second kappa shape index (κ2) is 11.0. The number of hydrogen-bond acceptors (Lipinski definition) is 4. The molecule has 4 nitrogen and oxygen atoms in total. The molecule has 4 rings (SSSR count). The molecule has 182 valence electrons. The van der Waals surface area contributed by atoms with E-state index in [1.807, 2.05) is 68.7 Å². The van der Waals surface area contributed by atoms with Gasteiger partial charge in [0.15, 0.2) is 0 Å². The number of ether oxygens (including phenoxy) is 1. The van der Waals surface area contributed by atoms with Crippen LogP contribution in [0.5, 0.6) is 5.88 Å². The molecule has 5 heteroatoms. The lowest BCUT2D eigenvalue weighted by molar-refractivity contribution is 0.0407. The predicted molar refractivity (Wildman–Crippen MR) is 139 cm³/mol. The summed E-state index contributed by atoms with van der Waals surface area (Å²) >= 11 is 0. The van der Waals surface area contributed by atoms with Crippen molar-refractivity contribution < 1.29 is 14.2 Å². The third-order valence-electron chi connectivity index (χ3n) is 6.66. The normalized spacial score (nSPS) is 16.0. The highest BCUT2D eigenvalue weighted by Crippen LogP contribution is 2.47. The number of allylic oxidation sites excluding steroid dienone is 3. The van der Waals surface area contributed by atoms with E-state index >= 15 is 0 Å². The lowest BCUT2D eigenvalue weighted by Crippen LogP contribution is -2.42. The van der Waals surface area contributed by atoms with E-state index in [0.29, 0.717) is 24.4 Å². The number of hydrogen-bond donors (Lipinski definition) is 1. The van der Waals surface area contributed by atoms with E-state index in [-0.39, 0.29) is 5.82 Å². The number of benzene rings is 2. The average molecular weight is 473 g/mol. The number of aromatic nitrogens is 1. The van der Waals surface area contributed by atoms with Crippen LogP contribution < -0.4 is 4.74 Å². The molecule has 35 heavy (non-hydrogen) atoms. The summed E-state index contributed by atoms with van der Waals surface area (Å²) in [6, 6.07) is 18.5. The average Bonchev–Trinajstić information content (AvgIpc) is 2.88. The summed E-state index contributed by atoms with van der Waals surface area (Å²) < 4.78 is 20.3. The van der Waals surface area contributed by atoms with Crippen molar-refractivity contribution in [1.29, 1.82) is 0 Å². The van der Waals surface area contributed by atoms with Crippen molar-refractivity contribution in [3.05, 3.63) is 108 Å². The lowest BCUT2D eigenvalue weighted by Gasteiger charge is -2.41. The van der Waals surface area contributed by atoms with Crippen molar-refractivity contribution in [2.24, 2.45) is 0 Å². The van der Waals surface area contributed by atoms with E-state index in [1.165, 1.54) is 12.1 Å². The quantitative estimate of drug-likeness (QED) is 0.416. The Balaban J connectivity index is 1.97. The van der Waals surface area contributed by atoms with Gasteiger partial charge in [-0.1, -0.05) is 60.7 Å². The minimum Gasteiger partial charge on any atom is -0.481 e. The zero-order chi connectivity index (χ0) is 24.8. The Bertz CT molecular complexity index is 1210. The summed E-state index contributed by atoms with van der Waals surface area (Å²) in [6.07, 6.45) is 9.95. The van der Waals surface area contributed by atoms with E-state index in [4.69, 9.17) is 4.74 Å². The molecule has 0 spiro atoms. The number of nitrogens with zero attached hydrogens (tertiary/aromatic N) is 2. The first-order chi connectivity index (χ1) is 16.9. The van der Waals surface area contributed by atoms with E-state index in [1.54, 1.807) is 19.4 Å². The zero-order valence-electron chi connectivity index (χ0n) is 20.6. The van der Waals surface area contributed by atoms with Gasteiger partial charge >= 0.3 is 0 Å². The van der Waals surface area contributed by atoms with Gasteiger partial charge in [0, 0.05) is 29.8 Å². The molecule has 2 aromatic carbocycles. The molecule has 0 radical (unpaired) electrons. The summed E-state index contributed by atoms with van der Waals surface area (Å²) in [6.45, 7) is 0.664. The van der Waals surface area contributed by atoms with Crippen LogP contribution in [0.25, 0.3) is 11.1 Å². The smallest absolute Gasteiger partial charge is 0.217 e. The number of aliphatic hydroxyl groups is 1. The molecule has 1 heterocycles. The van der Waals surface area contributed by atoms with Crippen molar-refractivity contribution in [1.82, 2.24) is 9.88 Å². The molecular weight excluding hydrogens is 439 g/mol. The van der Waals surface area contributed by atoms with Crippen molar-refractivity contribution >= 4 is 0 Å². The van der Waals surface area contributed by atoms with Gasteiger partial charge < -0.3 is 14.7 Å². The topological polar surface area (TPSA) is 45.6 Å². The lowest BCUT2D eigenvalue weighted by atomic mass is 9.69. The SMILES string of the molecule is COc1ncc(-c2ccccc2)cc1C(c1cccc(F)c1)C(O)(CCN(C)C)C1=CC=CCC1. The summed E-state index contributed by atoms with van der Waals surface area (Å²) in [5.74, 6) is -0.498. The third-order valence-corrected chi connectivity index (χ3v) is 6.66. The van der Waals surface area contributed by atoms with Crippen LogP contribution >= 0.6 is 0 Å². The summed E-state index contributed by atoms with van der Waals surface area (Å²) in [4.78, 5) is 6.68. The van der Waals surface area contributed by atoms with Gasteiger partial charge in [0.1, 0.15) is 5.82 Å². The van der Waals surface area contributed by atoms with E-state index in [2.05, 4.69) is 16.0 Å². The summed E-state index contributed by atoms with van der Waals surface area (Å²) in [5, 5.41) is 12.6. The fourth-order valence-electron chi connectivity index (χ4n) is 4.88. The van der Waals surface area contributed by atoms with Crippen molar-refractivity contribution in [2.45, 2.75) is 30.8 Å². The number of pyridine rings is 1. The highest BCUT2D eigenvalue weighted by Gasteiger charge is 2.43. The van der Waals surface area contributed by atoms with E-state index in [0.717, 1.165) is 35.1 Å². The Morgan fingerprint density at radius 2 is 1.89 bits per heavy atom. The molecule has 3 aromatic rings. The largest absolute Gasteiger partial charge is 0.481 e. The van der Waals surface area contributed by atoms with Gasteiger partial charge in [0.05, 0.1) is 12.7 Å². The Labute approximate surface area is 207 Å². The fraction of sp³-hybridized carbons (Fsp3) is 0.300. The van der Waals surface area contributed by atoms with Crippen LogP contribution in [0.4, 0.5) is 4.39 Å². The Morgan fingerprint density at radius 3 is 2.54 bits per heavy atom. The van der Waals surface area contributed by atoms with Gasteiger partial charge in [-0.2, -0.15) is 0 Å². The Morgan fingerprint density at radius 1 is 1.09 bits per heavy atom. The molecule has 0 fully saturated rings. The zero-order valence-corrected chi connectivity index (χ0v) is 20.6. The molecule has 0 amide bonds. The molecule has 2 atom stereocenters. The molecule has 0 aliphatic heterocycles. The van der Waals surface area contributed by atoms with Gasteiger partial charge in [-0.15, -0.1) is 0 Å². The number of methoxy groups -OCH3 is 1. The van der Waals surface area contributed by atoms with E-state index < -0.39 is 11.5 Å². The summed E-state index contributed by atoms with van der Waals surface area (Å²) in [5.41, 5.74) is 3.01. The fourth-order valence-corrected chi connectivity index (χ4v) is 4.88. The maximum Gasteiger partial charge on any atom is 0.217 e. The minimum absolute atomic E-state index is 0.342. The molecule has 0 bridgehead atoms. The van der Waals surface area contributed by atoms with Crippen LogP contribution in [-0.4, -0.2) is 48.3 Å². The standard InChI is InChI=1S/C30H33FN2O2/c1-33(2)18-17-30(34,25-14-8-5-9-15-25)28(23-13-10-16-26(31)19-23)27-20-24(21-32-29(27)35-3)22-11-6-4-7-12-22/h4-8,10-14,16,19-21,28,34H,9,15,17-18H2,1-3H3. The van der Waals surface area contributed by atoms with Crippen molar-refractivity contribution in [2.75, 3.05) is 27.7 Å². The molecule has 1 aromatic heterocycles. The van der Waals surface area contributed by atoms with Gasteiger partial charge in [0.25, 0.3) is 0 Å². The summed E-state index contributed by atoms with van der Waals surface area (Å²) in [7, 11) is 5.56. The first kappa shape index (κ1) is 24.8. The maximum atomic E-state index is 14.6. The molecule has 0 saturated carbocycles. The number of rotatable bonds is 9. The Hall–Kier alpha value is -3.28. The molecule has 1 aliphatic carbocycles. The van der Waals surface area contributed by atoms with Crippen LogP contribution in [0, 0.1) is 5.82 Å². The van der Waals surface area contributed by atoms with Crippen LogP contribution in [0.1, 0.15) is 36.3 Å². The maximum absolute atomic E-state index is 14.6. The number of halogens is 1. The highest BCUT2D eigenvalue weighted by atomic mass is 19.1. The first-order valence-corrected chi connectivity index (χ1v) is 12.0. The first-order valence-electron chi connectivity index (χ1n) is 12.0. The monoisotopic (exact) mass is 472 g/mol. The van der Waals surface area contributed by atoms with Gasteiger partial charge in [-0.05, 0) is 68.3 Å². The molecule has 0 saturated heterocycles. The van der Waals surface area contributed by atoms with Gasteiger partial charge in [-0.3, -0.25) is 0 Å². The van der Waals surface area contributed by atoms with Crippen LogP contribution in [0.2, 0.25) is 0 Å². The second-order valence-corrected chi connectivity index (χ2v) is 9.31.